The molecule has 41 heavy (non-hydrogen) atoms. The normalized spacial score (nSPS) is 25.7. The molecule has 1 N–H and O–H groups in total. The summed E-state index contributed by atoms with van der Waals surface area (Å²) < 4.78 is 33.7. The van der Waals surface area contributed by atoms with Gasteiger partial charge in [0.2, 0.25) is 5.72 Å². The number of fused-ring (bicyclic) bond motifs is 2. The molecule has 0 fully saturated rings. The van der Waals surface area contributed by atoms with Gasteiger partial charge >= 0.3 is 11.8 Å². The van der Waals surface area contributed by atoms with Gasteiger partial charge in [-0.2, -0.15) is 13.4 Å². The van der Waals surface area contributed by atoms with Crippen LogP contribution in [-0.2, 0) is 4.74 Å². The lowest BCUT2D eigenvalue weighted by Gasteiger charge is -2.29. The molecular weight excluding hydrogens is 546 g/mol. The third-order valence-corrected chi connectivity index (χ3v) is 8.84. The number of benzene rings is 2. The van der Waals surface area contributed by atoms with Gasteiger partial charge in [-0.15, -0.1) is 10.1 Å². The summed E-state index contributed by atoms with van der Waals surface area (Å²) in [6.07, 6.45) is 8.87. The van der Waals surface area contributed by atoms with Crippen molar-refractivity contribution in [3.05, 3.63) is 83.7 Å². The maximum atomic E-state index is 12.7. The quantitative estimate of drug-likeness (QED) is 0.290. The Balaban J connectivity index is 1.19. The van der Waals surface area contributed by atoms with Crippen LogP contribution in [-0.4, -0.2) is 64.5 Å². The first-order valence-corrected chi connectivity index (χ1v) is 14.4. The number of nitrogens with zero attached hydrogens (tertiary/aromatic N) is 6. The number of aliphatic hydroxyl groups is 1. The molecule has 3 heterocycles. The Morgan fingerprint density at radius 1 is 1.22 bits per heavy atom. The van der Waals surface area contributed by atoms with Gasteiger partial charge in [0, 0.05) is 24.5 Å². The van der Waals surface area contributed by atoms with E-state index in [-0.39, 0.29) is 6.04 Å². The molecule has 3 unspecified atom stereocenters. The van der Waals surface area contributed by atoms with Gasteiger partial charge in [0.25, 0.3) is 0 Å². The molecule has 8 nitrogen and oxygen atoms in total. The first-order chi connectivity index (χ1) is 19.5. The molecule has 2 aromatic carbocycles. The van der Waals surface area contributed by atoms with Gasteiger partial charge in [-0.3, -0.25) is 0 Å². The molecule has 3 aromatic rings. The molecule has 6 rings (SSSR count). The minimum atomic E-state index is -2.83. The first kappa shape index (κ1) is 27.5. The first-order valence-electron chi connectivity index (χ1n) is 13.4. The van der Waals surface area contributed by atoms with Crippen molar-refractivity contribution in [3.63, 3.8) is 0 Å². The average molecular weight is 578 g/mol. The lowest BCUT2D eigenvalue weighted by Crippen LogP contribution is -2.43. The van der Waals surface area contributed by atoms with Crippen molar-refractivity contribution in [3.8, 4) is 11.4 Å². The van der Waals surface area contributed by atoms with E-state index >= 15 is 0 Å². The van der Waals surface area contributed by atoms with Gasteiger partial charge in [-0.25, -0.2) is 9.67 Å². The molecule has 0 amide bonds. The van der Waals surface area contributed by atoms with Gasteiger partial charge < -0.3 is 9.84 Å². The van der Waals surface area contributed by atoms with E-state index in [1.807, 2.05) is 53.1 Å². The van der Waals surface area contributed by atoms with Crippen molar-refractivity contribution in [2.45, 2.75) is 58.1 Å². The third-order valence-electron chi connectivity index (χ3n) is 7.53. The zero-order chi connectivity index (χ0) is 28.9. The lowest BCUT2D eigenvalue weighted by molar-refractivity contribution is -0.581. The zero-order valence-corrected chi connectivity index (χ0v) is 24.0. The average Bonchev–Trinajstić information content (AvgIpc) is 3.53. The fraction of sp³-hybridized carbons (Fsp3) is 0.333. The minimum absolute atomic E-state index is 0.00452. The molecule has 1 aromatic heterocycles. The number of thioether (sulfide) groups is 1. The molecule has 212 valence electrons. The van der Waals surface area contributed by atoms with Crippen LogP contribution in [0.4, 0.5) is 14.5 Å². The summed E-state index contributed by atoms with van der Waals surface area (Å²) >= 11 is 1.60. The Labute approximate surface area is 241 Å². The molecule has 3 aliphatic rings. The maximum absolute atomic E-state index is 12.7. The van der Waals surface area contributed by atoms with Crippen LogP contribution < -0.4 is 0 Å². The highest BCUT2D eigenvalue weighted by Crippen LogP contribution is 2.44. The number of aromatic nitrogens is 3. The van der Waals surface area contributed by atoms with Crippen LogP contribution in [0, 0.1) is 6.92 Å². The Bertz CT molecular complexity index is 1610. The van der Waals surface area contributed by atoms with E-state index < -0.39 is 17.9 Å². The summed E-state index contributed by atoms with van der Waals surface area (Å²) in [5.74, 6) is 1.10. The molecule has 1 aliphatic carbocycles. The van der Waals surface area contributed by atoms with Gasteiger partial charge in [-0.05, 0) is 55.8 Å². The van der Waals surface area contributed by atoms with Gasteiger partial charge in [0.1, 0.15) is 12.0 Å². The molecule has 0 saturated carbocycles. The van der Waals surface area contributed by atoms with E-state index in [0.717, 1.165) is 38.8 Å². The van der Waals surface area contributed by atoms with E-state index in [0.29, 0.717) is 18.0 Å². The highest BCUT2D eigenvalue weighted by molar-refractivity contribution is 8.13. The second-order valence-corrected chi connectivity index (χ2v) is 11.9. The lowest BCUT2D eigenvalue weighted by atomic mass is 9.96. The Morgan fingerprint density at radius 2 is 2.00 bits per heavy atom. The topological polar surface area (TPSA) is 78.8 Å². The number of amidine groups is 1. The number of ether oxygens (including phenoxy) is 1. The Kier molecular flexibility index (Phi) is 6.91. The van der Waals surface area contributed by atoms with Crippen LogP contribution in [0.5, 0.6) is 0 Å². The Morgan fingerprint density at radius 3 is 2.71 bits per heavy atom. The summed E-state index contributed by atoms with van der Waals surface area (Å²) in [5, 5.41) is 23.5. The molecular formula is C30H31F2N6O2S+. The summed E-state index contributed by atoms with van der Waals surface area (Å²) in [5.41, 5.74) is 3.73. The third kappa shape index (κ3) is 5.25. The SMILES string of the molecule is Cc1ccc2c(c1)[N+]1=C(SCC1(C)O)N(/N=C/c1ccc(-c3ncn(C4=CCC(C)(OC(F)F)C=C4)n3)cc1)C2C. The van der Waals surface area contributed by atoms with Crippen LogP contribution in [0.3, 0.4) is 0 Å². The van der Waals surface area contributed by atoms with E-state index in [1.54, 1.807) is 41.8 Å². The number of alkyl halides is 2. The van der Waals surface area contributed by atoms with Crippen LogP contribution >= 0.6 is 11.8 Å². The summed E-state index contributed by atoms with van der Waals surface area (Å²) in [4.78, 5) is 4.43. The second-order valence-electron chi connectivity index (χ2n) is 10.9. The molecule has 0 spiro atoms. The summed E-state index contributed by atoms with van der Waals surface area (Å²) in [7, 11) is 0. The Hall–Kier alpha value is -3.67. The summed E-state index contributed by atoms with van der Waals surface area (Å²) in [6, 6.07) is 14.1. The largest absolute Gasteiger partial charge is 0.352 e. The minimum Gasteiger partial charge on any atom is -0.352 e. The van der Waals surface area contributed by atoms with E-state index in [1.165, 1.54) is 0 Å². The fourth-order valence-electron chi connectivity index (χ4n) is 5.25. The van der Waals surface area contributed by atoms with E-state index in [9.17, 15) is 13.9 Å². The standard InChI is InChI=1S/C30H31F2N6O2S/c1-19-5-10-24-20(2)38(28-37(25(24)15-19)30(4,39)17-41-28)34-16-21-6-8-22(9-7-21)26-33-18-36(35-26)23-11-13-29(3,14-12-23)40-27(31)32/h5-13,15-16,18,20,27,39H,14,17H2,1-4H3/q+1/b34-16+. The number of hydrazone groups is 1. The second kappa shape index (κ2) is 10.3. The predicted octanol–water partition coefficient (Wildman–Crippen LogP) is 5.92. The number of aryl methyl sites for hydroxylation is 1. The summed E-state index contributed by atoms with van der Waals surface area (Å²) in [6.45, 7) is 4.81. The van der Waals surface area contributed by atoms with Crippen LogP contribution in [0.25, 0.3) is 17.1 Å². The number of hydrogen-bond acceptors (Lipinski definition) is 7. The number of rotatable bonds is 6. The van der Waals surface area contributed by atoms with Crippen molar-refractivity contribution in [2.75, 3.05) is 5.75 Å². The maximum Gasteiger partial charge on any atom is 0.346 e. The van der Waals surface area contributed by atoms with Gasteiger partial charge in [-0.1, -0.05) is 53.7 Å². The number of halogens is 2. The highest BCUT2D eigenvalue weighted by atomic mass is 32.2. The number of hydrogen-bond donors (Lipinski definition) is 1. The van der Waals surface area contributed by atoms with Gasteiger partial charge in [0.05, 0.1) is 23.3 Å². The van der Waals surface area contributed by atoms with Crippen molar-refractivity contribution in [2.24, 2.45) is 5.10 Å². The van der Waals surface area contributed by atoms with Crippen LogP contribution in [0.15, 0.2) is 72.1 Å². The smallest absolute Gasteiger partial charge is 0.346 e. The van der Waals surface area contributed by atoms with E-state index in [2.05, 4.69) is 42.1 Å². The predicted molar refractivity (Wildman–Crippen MR) is 156 cm³/mol. The zero-order valence-electron chi connectivity index (χ0n) is 23.2. The molecule has 3 atom stereocenters. The fourth-order valence-corrected chi connectivity index (χ4v) is 6.54. The van der Waals surface area contributed by atoms with Crippen LogP contribution in [0.1, 0.15) is 49.9 Å². The van der Waals surface area contributed by atoms with E-state index in [4.69, 9.17) is 9.84 Å². The van der Waals surface area contributed by atoms with Crippen LogP contribution in [0.2, 0.25) is 0 Å². The van der Waals surface area contributed by atoms with Crippen molar-refractivity contribution in [1.29, 1.82) is 0 Å². The van der Waals surface area contributed by atoms with Gasteiger partial charge in [0.15, 0.2) is 11.9 Å². The van der Waals surface area contributed by atoms with Crippen molar-refractivity contribution < 1.29 is 23.2 Å². The highest BCUT2D eigenvalue weighted by Gasteiger charge is 2.50. The van der Waals surface area contributed by atoms with Crippen molar-refractivity contribution in [1.82, 2.24) is 19.8 Å². The number of allylic oxidation sites excluding steroid dienone is 2. The molecule has 0 bridgehead atoms. The molecule has 2 aliphatic heterocycles. The molecule has 0 saturated heterocycles. The molecule has 11 heteroatoms. The monoisotopic (exact) mass is 577 g/mol. The molecule has 0 radical (unpaired) electrons. The van der Waals surface area contributed by atoms with Crippen molar-refractivity contribution >= 4 is 34.5 Å².